The number of pyridine rings is 1. The van der Waals surface area contributed by atoms with E-state index >= 15 is 0 Å². The largest absolute Gasteiger partial charge is 0.488 e. The molecule has 3 nitrogen and oxygen atoms in total. The van der Waals surface area contributed by atoms with Crippen LogP contribution in [-0.2, 0) is 0 Å². The highest BCUT2D eigenvalue weighted by molar-refractivity contribution is 6.58. The first kappa shape index (κ1) is 3.25. The molecule has 11 heavy (non-hydrogen) atoms. The molecule has 1 heterocycles. The van der Waals surface area contributed by atoms with Gasteiger partial charge in [0.05, 0.1) is 0 Å². The zero-order valence-electron chi connectivity index (χ0n) is 11.6. The maximum atomic E-state index is 8.96. The van der Waals surface area contributed by atoms with Crippen molar-refractivity contribution in [3.05, 3.63) is 23.5 Å². The average molecular weight is 157 g/mol. The van der Waals surface area contributed by atoms with Crippen molar-refractivity contribution in [2.24, 2.45) is 0 Å². The van der Waals surface area contributed by atoms with Crippen molar-refractivity contribution >= 4 is 12.6 Å². The first-order chi connectivity index (χ1) is 7.51. The molecule has 0 amide bonds. The Kier molecular flexibility index (Phi) is 0.894. The summed E-state index contributed by atoms with van der Waals surface area (Å²) >= 11 is 0. The van der Waals surface area contributed by atoms with Crippen LogP contribution < -0.4 is 5.46 Å². The number of hydrogen-bond donors (Lipinski definition) is 2. The minimum atomic E-state index is -2.61. The third-order valence-corrected chi connectivity index (χ3v) is 1.15. The Hall–Kier alpha value is -0.865. The van der Waals surface area contributed by atoms with E-state index in [1.54, 1.807) is 0 Å². The molecule has 1 aromatic rings. The van der Waals surface area contributed by atoms with Gasteiger partial charge in [0.2, 0.25) is 0 Å². The minimum Gasteiger partial charge on any atom is -0.423 e. The second-order valence-electron chi connectivity index (χ2n) is 2.04. The lowest BCUT2D eigenvalue weighted by Gasteiger charge is -2.01. The maximum absolute atomic E-state index is 8.96. The summed E-state index contributed by atoms with van der Waals surface area (Å²) in [6.45, 7) is -5.21. The van der Waals surface area contributed by atoms with Gasteiger partial charge in [-0.1, -0.05) is 0 Å². The number of nitrogens with zero attached hydrogens (tertiary/aromatic N) is 1. The van der Waals surface area contributed by atoms with E-state index in [4.69, 9.17) is 18.3 Å². The monoisotopic (exact) mass is 157 g/mol. The van der Waals surface area contributed by atoms with Crippen LogP contribution in [-0.4, -0.2) is 22.2 Å². The predicted molar refractivity (Wildman–Crippen MR) is 43.5 cm³/mol. The van der Waals surface area contributed by atoms with E-state index in [2.05, 4.69) is 4.98 Å². The highest BCUT2D eigenvalue weighted by Crippen LogP contribution is 1.93. The van der Waals surface area contributed by atoms with Crippen LogP contribution in [0, 0.1) is 13.7 Å². The molecule has 2 N–H and O–H groups in total. The fourth-order valence-electron chi connectivity index (χ4n) is 0.701. The topological polar surface area (TPSA) is 53.4 Å². The Morgan fingerprint density at radius 3 is 2.27 bits per heavy atom. The molecule has 0 spiro atoms. The molecule has 0 saturated heterocycles. The third kappa shape index (κ3) is 2.03. The lowest BCUT2D eigenvalue weighted by Crippen LogP contribution is -2.30. The molecule has 0 aromatic carbocycles. The molecule has 0 bridgehead atoms. The summed E-state index contributed by atoms with van der Waals surface area (Å²) in [5.41, 5.74) is -1.17. The van der Waals surface area contributed by atoms with Crippen molar-refractivity contribution in [2.45, 2.75) is 13.7 Å². The van der Waals surface area contributed by atoms with Gasteiger partial charge in [-0.05, 0) is 31.3 Å². The van der Waals surface area contributed by atoms with Gasteiger partial charge >= 0.3 is 7.12 Å². The normalized spacial score (nSPS) is 20.2. The summed E-state index contributed by atoms with van der Waals surface area (Å²) in [5.74, 6) is 0. The van der Waals surface area contributed by atoms with E-state index in [9.17, 15) is 0 Å². The molecule has 4 heteroatoms. The molecule has 0 unspecified atom stereocenters. The Morgan fingerprint density at radius 1 is 1.36 bits per heavy atom. The predicted octanol–water partition coefficient (Wildman–Crippen LogP) is -0.622. The lowest BCUT2D eigenvalue weighted by atomic mass is 9.80. The van der Waals surface area contributed by atoms with E-state index < -0.39 is 32.2 Å². The van der Waals surface area contributed by atoms with Crippen LogP contribution in [0.2, 0.25) is 0 Å². The highest BCUT2D eigenvalue weighted by atomic mass is 16.4. The van der Waals surface area contributed by atoms with E-state index in [1.807, 2.05) is 0 Å². The standard InChI is InChI=1S/C7H10BNO2/c1-5-3-7(8(10)11)4-6(2)9-5/h3-4,10-11H,1-2H3/i1D3,2D3. The lowest BCUT2D eigenvalue weighted by molar-refractivity contribution is 0.425. The molecular weight excluding hydrogens is 141 g/mol. The second-order valence-corrected chi connectivity index (χ2v) is 2.04. The van der Waals surface area contributed by atoms with Gasteiger partial charge < -0.3 is 10.0 Å². The molecule has 0 aliphatic rings. The van der Waals surface area contributed by atoms with Crippen LogP contribution >= 0.6 is 0 Å². The zero-order valence-corrected chi connectivity index (χ0v) is 5.57. The SMILES string of the molecule is [2H]C([2H])([2H])c1cc(B(O)O)cc(C([2H])([2H])[2H])n1. The van der Waals surface area contributed by atoms with Crippen LogP contribution in [0.15, 0.2) is 12.1 Å². The van der Waals surface area contributed by atoms with Gasteiger partial charge in [0.15, 0.2) is 0 Å². The third-order valence-electron chi connectivity index (χ3n) is 1.15. The van der Waals surface area contributed by atoms with Gasteiger partial charge in [0.25, 0.3) is 0 Å². The molecule has 0 aliphatic heterocycles. The Bertz CT molecular complexity index is 384. The summed E-state index contributed by atoms with van der Waals surface area (Å²) in [5, 5.41) is 17.9. The number of rotatable bonds is 1. The number of aromatic nitrogens is 1. The number of hydrogen-bond acceptors (Lipinski definition) is 3. The summed E-state index contributed by atoms with van der Waals surface area (Å²) < 4.78 is 42.8. The Labute approximate surface area is 74.3 Å². The van der Waals surface area contributed by atoms with Crippen LogP contribution in [0.3, 0.4) is 0 Å². The summed E-state index contributed by atoms with van der Waals surface area (Å²) in [6, 6.07) is 1.90. The molecule has 1 aromatic heterocycles. The molecular formula is C7H10BNO2. The van der Waals surface area contributed by atoms with Crippen molar-refractivity contribution < 1.29 is 18.3 Å². The van der Waals surface area contributed by atoms with Crippen molar-refractivity contribution in [3.63, 3.8) is 0 Å². The van der Waals surface area contributed by atoms with E-state index in [0.29, 0.717) is 0 Å². The fraction of sp³-hybridized carbons (Fsp3) is 0.286. The molecule has 1 rings (SSSR count). The molecule has 0 atom stereocenters. The summed E-state index contributed by atoms with van der Waals surface area (Å²) in [4.78, 5) is 3.51. The molecule has 0 fully saturated rings. The average Bonchev–Trinajstić information content (AvgIpc) is 2.14. The minimum absolute atomic E-state index is 0.211. The van der Waals surface area contributed by atoms with E-state index in [-0.39, 0.29) is 5.46 Å². The highest BCUT2D eigenvalue weighted by Gasteiger charge is 2.11. The van der Waals surface area contributed by atoms with Crippen LogP contribution in [0.25, 0.3) is 0 Å². The maximum Gasteiger partial charge on any atom is 0.488 e. The van der Waals surface area contributed by atoms with Crippen molar-refractivity contribution in [3.8, 4) is 0 Å². The van der Waals surface area contributed by atoms with Crippen molar-refractivity contribution in [1.82, 2.24) is 4.98 Å². The molecule has 0 saturated carbocycles. The van der Waals surface area contributed by atoms with Crippen molar-refractivity contribution in [2.75, 3.05) is 0 Å². The van der Waals surface area contributed by atoms with Crippen LogP contribution in [0.4, 0.5) is 0 Å². The van der Waals surface area contributed by atoms with Gasteiger partial charge in [0, 0.05) is 19.6 Å². The molecule has 58 valence electrons. The van der Waals surface area contributed by atoms with Gasteiger partial charge in [-0.15, -0.1) is 0 Å². The van der Waals surface area contributed by atoms with Gasteiger partial charge in [-0.2, -0.15) is 0 Å². The van der Waals surface area contributed by atoms with E-state index in [0.717, 1.165) is 12.1 Å². The number of aryl methyl sites for hydroxylation is 2. The van der Waals surface area contributed by atoms with Gasteiger partial charge in [-0.25, -0.2) is 0 Å². The first-order valence-electron chi connectivity index (χ1n) is 5.91. The van der Waals surface area contributed by atoms with Gasteiger partial charge in [0.1, 0.15) is 0 Å². The van der Waals surface area contributed by atoms with E-state index in [1.165, 1.54) is 0 Å². The smallest absolute Gasteiger partial charge is 0.423 e. The van der Waals surface area contributed by atoms with Gasteiger partial charge in [-0.3, -0.25) is 4.98 Å². The second kappa shape index (κ2) is 3.03. The quantitative estimate of drug-likeness (QED) is 0.534. The molecule has 0 radical (unpaired) electrons. The van der Waals surface area contributed by atoms with Crippen molar-refractivity contribution in [1.29, 1.82) is 0 Å². The summed E-state index contributed by atoms with van der Waals surface area (Å²) in [6.07, 6.45) is 0. The zero-order chi connectivity index (χ0) is 13.4. The fourth-order valence-corrected chi connectivity index (χ4v) is 0.701. The Balaban J connectivity index is 3.40. The summed E-state index contributed by atoms with van der Waals surface area (Å²) in [7, 11) is -1.94. The Morgan fingerprint density at radius 2 is 1.91 bits per heavy atom. The van der Waals surface area contributed by atoms with Crippen LogP contribution in [0.1, 0.15) is 19.6 Å². The molecule has 0 aliphatic carbocycles. The van der Waals surface area contributed by atoms with Crippen LogP contribution in [0.5, 0.6) is 0 Å². The first-order valence-corrected chi connectivity index (χ1v) is 2.91.